The molecule has 0 radical (unpaired) electrons. The third kappa shape index (κ3) is 1.41. The van der Waals surface area contributed by atoms with Crippen molar-refractivity contribution in [1.29, 1.82) is 0 Å². The first-order chi connectivity index (χ1) is 6.35. The molecule has 0 saturated carbocycles. The van der Waals surface area contributed by atoms with E-state index < -0.39 is 0 Å². The van der Waals surface area contributed by atoms with Crippen LogP contribution in [0.25, 0.3) is 0 Å². The minimum absolute atomic E-state index is 0.296. The van der Waals surface area contributed by atoms with Crippen molar-refractivity contribution in [3.05, 3.63) is 29.3 Å². The van der Waals surface area contributed by atoms with Gasteiger partial charge in [-0.25, -0.2) is 0 Å². The predicted octanol–water partition coefficient (Wildman–Crippen LogP) is 1.15. The van der Waals surface area contributed by atoms with Gasteiger partial charge in [0.15, 0.2) is 0 Å². The van der Waals surface area contributed by atoms with Gasteiger partial charge < -0.3 is 4.74 Å². The molecule has 3 heteroatoms. The Morgan fingerprint density at radius 3 is 3.08 bits per heavy atom. The van der Waals surface area contributed by atoms with E-state index in [2.05, 4.69) is 17.6 Å². The van der Waals surface area contributed by atoms with Gasteiger partial charge in [-0.15, -0.1) is 0 Å². The largest absolute Gasteiger partial charge is 0.497 e. The van der Waals surface area contributed by atoms with Crippen LogP contribution in [0.4, 0.5) is 0 Å². The van der Waals surface area contributed by atoms with Gasteiger partial charge in [0.25, 0.3) is 0 Å². The molecule has 0 bridgehead atoms. The summed E-state index contributed by atoms with van der Waals surface area (Å²) in [5.41, 5.74) is 5.47. The van der Waals surface area contributed by atoms with Crippen molar-refractivity contribution < 1.29 is 4.74 Å². The fraction of sp³-hybridized carbons (Fsp3) is 0.400. The van der Waals surface area contributed by atoms with Crippen molar-refractivity contribution >= 4 is 0 Å². The fourth-order valence-corrected chi connectivity index (χ4v) is 1.88. The highest BCUT2D eigenvalue weighted by Crippen LogP contribution is 2.32. The van der Waals surface area contributed by atoms with Crippen LogP contribution in [0.5, 0.6) is 5.75 Å². The number of hydrogen-bond acceptors (Lipinski definition) is 3. The SMILES string of the molecule is COc1ccc2c(c1)[C@@H](NN)CC2. The second-order valence-corrected chi connectivity index (χ2v) is 3.32. The lowest BCUT2D eigenvalue weighted by atomic mass is 10.1. The van der Waals surface area contributed by atoms with Gasteiger partial charge in [0.1, 0.15) is 5.75 Å². The standard InChI is InChI=1S/C10H14N2O/c1-13-8-4-2-7-3-5-10(12-11)9(7)6-8/h2,4,6,10,12H,3,5,11H2,1H3/t10-/m0/s1. The summed E-state index contributed by atoms with van der Waals surface area (Å²) in [4.78, 5) is 0. The molecule has 0 fully saturated rings. The van der Waals surface area contributed by atoms with E-state index in [1.807, 2.05) is 6.07 Å². The van der Waals surface area contributed by atoms with Gasteiger partial charge in [-0.2, -0.15) is 0 Å². The van der Waals surface area contributed by atoms with Gasteiger partial charge in [0.2, 0.25) is 0 Å². The number of methoxy groups -OCH3 is 1. The summed E-state index contributed by atoms with van der Waals surface area (Å²) in [7, 11) is 1.68. The summed E-state index contributed by atoms with van der Waals surface area (Å²) in [5, 5.41) is 0. The van der Waals surface area contributed by atoms with E-state index in [0.29, 0.717) is 6.04 Å². The van der Waals surface area contributed by atoms with Crippen molar-refractivity contribution in [2.75, 3.05) is 7.11 Å². The number of ether oxygens (including phenoxy) is 1. The van der Waals surface area contributed by atoms with Crippen molar-refractivity contribution in [3.63, 3.8) is 0 Å². The lowest BCUT2D eigenvalue weighted by molar-refractivity contribution is 0.413. The Morgan fingerprint density at radius 1 is 1.54 bits per heavy atom. The van der Waals surface area contributed by atoms with Crippen LogP contribution >= 0.6 is 0 Å². The Kier molecular flexibility index (Phi) is 2.20. The van der Waals surface area contributed by atoms with Gasteiger partial charge in [-0.3, -0.25) is 11.3 Å². The number of nitrogens with one attached hydrogen (secondary N) is 1. The Balaban J connectivity index is 2.37. The molecule has 0 heterocycles. The summed E-state index contributed by atoms with van der Waals surface area (Å²) in [6.07, 6.45) is 2.19. The fourth-order valence-electron chi connectivity index (χ4n) is 1.88. The van der Waals surface area contributed by atoms with E-state index >= 15 is 0 Å². The van der Waals surface area contributed by atoms with Crippen LogP contribution in [0.1, 0.15) is 23.6 Å². The van der Waals surface area contributed by atoms with Gasteiger partial charge in [-0.05, 0) is 36.1 Å². The van der Waals surface area contributed by atoms with Gasteiger partial charge in [0.05, 0.1) is 7.11 Å². The Hall–Kier alpha value is -1.06. The molecule has 2 rings (SSSR count). The molecule has 3 N–H and O–H groups in total. The first kappa shape index (κ1) is 8.53. The van der Waals surface area contributed by atoms with Gasteiger partial charge in [-0.1, -0.05) is 6.07 Å². The van der Waals surface area contributed by atoms with E-state index in [1.165, 1.54) is 11.1 Å². The maximum Gasteiger partial charge on any atom is 0.119 e. The Bertz CT molecular complexity index is 312. The van der Waals surface area contributed by atoms with Crippen LogP contribution in [-0.2, 0) is 6.42 Å². The Labute approximate surface area is 77.9 Å². The highest BCUT2D eigenvalue weighted by atomic mass is 16.5. The average molecular weight is 178 g/mol. The van der Waals surface area contributed by atoms with E-state index in [0.717, 1.165) is 18.6 Å². The zero-order valence-corrected chi connectivity index (χ0v) is 7.71. The number of aryl methyl sites for hydroxylation is 1. The summed E-state index contributed by atoms with van der Waals surface area (Å²) in [5.74, 6) is 6.35. The van der Waals surface area contributed by atoms with Crippen LogP contribution in [0.15, 0.2) is 18.2 Å². The molecule has 70 valence electrons. The van der Waals surface area contributed by atoms with Crippen molar-refractivity contribution in [2.45, 2.75) is 18.9 Å². The number of rotatable bonds is 2. The molecule has 1 aromatic carbocycles. The zero-order chi connectivity index (χ0) is 9.26. The number of hydrogen-bond donors (Lipinski definition) is 2. The average Bonchev–Trinajstić information content (AvgIpc) is 2.59. The Morgan fingerprint density at radius 2 is 2.38 bits per heavy atom. The molecular weight excluding hydrogens is 164 g/mol. The lowest BCUT2D eigenvalue weighted by Gasteiger charge is -2.10. The van der Waals surface area contributed by atoms with E-state index in [-0.39, 0.29) is 0 Å². The van der Waals surface area contributed by atoms with E-state index in [4.69, 9.17) is 10.6 Å². The summed E-state index contributed by atoms with van der Waals surface area (Å²) < 4.78 is 5.16. The van der Waals surface area contributed by atoms with Crippen LogP contribution in [-0.4, -0.2) is 7.11 Å². The number of nitrogens with two attached hydrogens (primary N) is 1. The maximum atomic E-state index is 5.45. The highest BCUT2D eigenvalue weighted by Gasteiger charge is 2.21. The number of hydrazine groups is 1. The molecular formula is C10H14N2O. The van der Waals surface area contributed by atoms with E-state index in [9.17, 15) is 0 Å². The molecule has 1 aliphatic rings. The van der Waals surface area contributed by atoms with Crippen LogP contribution in [0.2, 0.25) is 0 Å². The minimum atomic E-state index is 0.296. The van der Waals surface area contributed by atoms with Crippen molar-refractivity contribution in [2.24, 2.45) is 5.84 Å². The van der Waals surface area contributed by atoms with Crippen LogP contribution in [0, 0.1) is 0 Å². The van der Waals surface area contributed by atoms with Crippen molar-refractivity contribution in [1.82, 2.24) is 5.43 Å². The third-order valence-electron chi connectivity index (χ3n) is 2.63. The van der Waals surface area contributed by atoms with Crippen LogP contribution < -0.4 is 16.0 Å². The number of benzene rings is 1. The second kappa shape index (κ2) is 3.36. The van der Waals surface area contributed by atoms with Gasteiger partial charge in [0, 0.05) is 6.04 Å². The predicted molar refractivity (Wildman–Crippen MR) is 51.4 cm³/mol. The normalized spacial score (nSPS) is 20.0. The topological polar surface area (TPSA) is 47.3 Å². The number of fused-ring (bicyclic) bond motifs is 1. The van der Waals surface area contributed by atoms with Gasteiger partial charge >= 0.3 is 0 Å². The molecule has 0 saturated heterocycles. The first-order valence-corrected chi connectivity index (χ1v) is 4.48. The molecule has 1 aliphatic carbocycles. The summed E-state index contributed by atoms with van der Waals surface area (Å²) in [6, 6.07) is 6.47. The molecule has 0 spiro atoms. The molecule has 1 atom stereocenters. The lowest BCUT2D eigenvalue weighted by Crippen LogP contribution is -2.26. The molecule has 13 heavy (non-hydrogen) atoms. The maximum absolute atomic E-state index is 5.45. The smallest absolute Gasteiger partial charge is 0.119 e. The van der Waals surface area contributed by atoms with Crippen molar-refractivity contribution in [3.8, 4) is 5.75 Å². The summed E-state index contributed by atoms with van der Waals surface area (Å²) in [6.45, 7) is 0. The summed E-state index contributed by atoms with van der Waals surface area (Å²) >= 11 is 0. The molecule has 0 unspecified atom stereocenters. The molecule has 0 aliphatic heterocycles. The second-order valence-electron chi connectivity index (χ2n) is 3.32. The highest BCUT2D eigenvalue weighted by molar-refractivity contribution is 5.40. The zero-order valence-electron chi connectivity index (χ0n) is 7.71. The third-order valence-corrected chi connectivity index (χ3v) is 2.63. The first-order valence-electron chi connectivity index (χ1n) is 4.48. The monoisotopic (exact) mass is 178 g/mol. The minimum Gasteiger partial charge on any atom is -0.497 e. The van der Waals surface area contributed by atoms with Crippen LogP contribution in [0.3, 0.4) is 0 Å². The quantitative estimate of drug-likeness (QED) is 0.527. The molecule has 0 amide bonds. The molecule has 1 aromatic rings. The molecule has 3 nitrogen and oxygen atoms in total. The van der Waals surface area contributed by atoms with E-state index in [1.54, 1.807) is 7.11 Å². The molecule has 0 aromatic heterocycles.